The number of nitrogens with zero attached hydrogens (tertiary/aromatic N) is 3. The SMILES string of the molecule is c1ccc2sc(-c3ccncc3-c3cnccc3-c3ccc(-c4cccc5c4[nH]c4ccccc45)cc3)nc2c1. The van der Waals surface area contributed by atoms with Gasteiger partial charge in [0.2, 0.25) is 0 Å². The molecular weight excluding hydrogens is 508 g/mol. The van der Waals surface area contributed by atoms with Gasteiger partial charge in [0.25, 0.3) is 0 Å². The van der Waals surface area contributed by atoms with Gasteiger partial charge in [-0.3, -0.25) is 9.97 Å². The van der Waals surface area contributed by atoms with Crippen molar-refractivity contribution in [3.63, 3.8) is 0 Å². The molecule has 0 aliphatic rings. The summed E-state index contributed by atoms with van der Waals surface area (Å²) in [6, 6.07) is 36.2. The predicted molar refractivity (Wildman–Crippen MR) is 166 cm³/mol. The third-order valence-electron chi connectivity index (χ3n) is 7.50. The molecule has 40 heavy (non-hydrogen) atoms. The summed E-state index contributed by atoms with van der Waals surface area (Å²) < 4.78 is 1.17. The standard InChI is InChI=1S/C35H22N4S/c1-2-9-31-26(6-1)27-8-5-7-25(34(27)38-31)23-14-12-22(13-15-23)24-16-18-36-20-29(24)30-21-37-19-17-28(30)35-39-32-10-3-4-11-33(32)40-35/h1-21,38H. The van der Waals surface area contributed by atoms with E-state index in [4.69, 9.17) is 4.98 Å². The lowest BCUT2D eigenvalue weighted by Gasteiger charge is -2.13. The topological polar surface area (TPSA) is 54.5 Å². The molecule has 0 aliphatic carbocycles. The van der Waals surface area contributed by atoms with E-state index in [-0.39, 0.29) is 0 Å². The molecule has 0 saturated carbocycles. The summed E-state index contributed by atoms with van der Waals surface area (Å²) in [6.07, 6.45) is 7.54. The van der Waals surface area contributed by atoms with Crippen LogP contribution in [-0.2, 0) is 0 Å². The number of fused-ring (bicyclic) bond motifs is 4. The molecule has 0 unspecified atom stereocenters. The zero-order valence-corrected chi connectivity index (χ0v) is 22.2. The Hall–Kier alpha value is -5.13. The van der Waals surface area contributed by atoms with Crippen molar-refractivity contribution < 1.29 is 0 Å². The molecule has 4 aromatic heterocycles. The van der Waals surface area contributed by atoms with Crippen molar-refractivity contribution in [3.8, 4) is 44.0 Å². The first-order chi connectivity index (χ1) is 19.8. The lowest BCUT2D eigenvalue weighted by atomic mass is 9.93. The minimum Gasteiger partial charge on any atom is -0.354 e. The average Bonchev–Trinajstić information content (AvgIpc) is 3.63. The molecule has 0 aliphatic heterocycles. The lowest BCUT2D eigenvalue weighted by Crippen LogP contribution is -1.91. The zero-order chi connectivity index (χ0) is 26.5. The largest absolute Gasteiger partial charge is 0.354 e. The number of aromatic nitrogens is 4. The van der Waals surface area contributed by atoms with Crippen molar-refractivity contribution in [2.24, 2.45) is 0 Å². The molecule has 5 heteroatoms. The number of pyridine rings is 2. The Labute approximate surface area is 234 Å². The Morgan fingerprint density at radius 3 is 2.02 bits per heavy atom. The van der Waals surface area contributed by atoms with Gasteiger partial charge in [0, 0.05) is 63.3 Å². The molecule has 8 rings (SSSR count). The van der Waals surface area contributed by atoms with Gasteiger partial charge in [0.15, 0.2) is 0 Å². The molecule has 188 valence electrons. The Morgan fingerprint density at radius 2 is 1.20 bits per heavy atom. The number of thiazole rings is 1. The highest BCUT2D eigenvalue weighted by atomic mass is 32.1. The number of nitrogens with one attached hydrogen (secondary N) is 1. The number of benzene rings is 4. The van der Waals surface area contributed by atoms with Gasteiger partial charge >= 0.3 is 0 Å². The van der Waals surface area contributed by atoms with Gasteiger partial charge in [-0.05, 0) is 47.0 Å². The molecule has 0 bridgehead atoms. The minimum atomic E-state index is 0.982. The maximum absolute atomic E-state index is 4.92. The van der Waals surface area contributed by atoms with Gasteiger partial charge in [-0.2, -0.15) is 0 Å². The van der Waals surface area contributed by atoms with E-state index < -0.39 is 0 Å². The number of para-hydroxylation sites is 3. The Bertz CT molecular complexity index is 2140. The van der Waals surface area contributed by atoms with Crippen LogP contribution in [0.25, 0.3) is 76.0 Å². The van der Waals surface area contributed by atoms with Crippen LogP contribution in [0.4, 0.5) is 0 Å². The first kappa shape index (κ1) is 22.8. The third kappa shape index (κ3) is 3.71. The van der Waals surface area contributed by atoms with Crippen molar-refractivity contribution >= 4 is 43.4 Å². The quantitative estimate of drug-likeness (QED) is 0.247. The molecule has 0 fully saturated rings. The number of rotatable bonds is 4. The second-order valence-corrected chi connectivity index (χ2v) is 10.8. The van der Waals surface area contributed by atoms with Crippen LogP contribution in [0.5, 0.6) is 0 Å². The van der Waals surface area contributed by atoms with Crippen LogP contribution >= 0.6 is 11.3 Å². The molecule has 0 atom stereocenters. The highest BCUT2D eigenvalue weighted by Gasteiger charge is 2.16. The molecule has 4 nitrogen and oxygen atoms in total. The molecule has 4 heterocycles. The van der Waals surface area contributed by atoms with Crippen LogP contribution in [0.1, 0.15) is 0 Å². The van der Waals surface area contributed by atoms with Crippen LogP contribution in [0.2, 0.25) is 0 Å². The number of hydrogen-bond donors (Lipinski definition) is 1. The van der Waals surface area contributed by atoms with Crippen LogP contribution in [0.3, 0.4) is 0 Å². The smallest absolute Gasteiger partial charge is 0.125 e. The maximum Gasteiger partial charge on any atom is 0.125 e. The van der Waals surface area contributed by atoms with E-state index in [1.54, 1.807) is 11.3 Å². The van der Waals surface area contributed by atoms with E-state index in [1.165, 1.54) is 26.6 Å². The van der Waals surface area contributed by atoms with E-state index in [9.17, 15) is 0 Å². The van der Waals surface area contributed by atoms with Gasteiger partial charge in [-0.1, -0.05) is 72.8 Å². The summed E-state index contributed by atoms with van der Waals surface area (Å²) >= 11 is 1.70. The van der Waals surface area contributed by atoms with Crippen molar-refractivity contribution in [3.05, 3.63) is 128 Å². The fourth-order valence-corrected chi connectivity index (χ4v) is 6.59. The zero-order valence-electron chi connectivity index (χ0n) is 21.4. The van der Waals surface area contributed by atoms with Gasteiger partial charge in [-0.15, -0.1) is 11.3 Å². The number of H-pyrrole nitrogens is 1. The van der Waals surface area contributed by atoms with Crippen molar-refractivity contribution in [2.45, 2.75) is 0 Å². The van der Waals surface area contributed by atoms with E-state index in [0.717, 1.165) is 49.4 Å². The molecule has 4 aromatic carbocycles. The maximum atomic E-state index is 4.92. The molecular formula is C35H22N4S. The molecule has 0 radical (unpaired) electrons. The van der Waals surface area contributed by atoms with Gasteiger partial charge in [-0.25, -0.2) is 4.98 Å². The molecule has 0 amide bonds. The van der Waals surface area contributed by atoms with E-state index in [2.05, 4.69) is 106 Å². The number of aromatic amines is 1. The first-order valence-corrected chi connectivity index (χ1v) is 14.0. The average molecular weight is 531 g/mol. The fraction of sp³-hybridized carbons (Fsp3) is 0. The normalized spacial score (nSPS) is 11.5. The summed E-state index contributed by atoms with van der Waals surface area (Å²) in [5.41, 5.74) is 11.1. The molecule has 0 saturated heterocycles. The first-order valence-electron chi connectivity index (χ1n) is 13.2. The van der Waals surface area contributed by atoms with Gasteiger partial charge in [0.1, 0.15) is 5.01 Å². The minimum absolute atomic E-state index is 0.982. The Balaban J connectivity index is 1.22. The van der Waals surface area contributed by atoms with Crippen molar-refractivity contribution in [2.75, 3.05) is 0 Å². The Kier molecular flexibility index (Phi) is 5.28. The molecule has 8 aromatic rings. The van der Waals surface area contributed by atoms with E-state index in [1.807, 2.05) is 36.9 Å². The second-order valence-electron chi connectivity index (χ2n) is 9.81. The van der Waals surface area contributed by atoms with E-state index in [0.29, 0.717) is 0 Å². The second kappa shape index (κ2) is 9.26. The summed E-state index contributed by atoms with van der Waals surface area (Å²) in [7, 11) is 0. The summed E-state index contributed by atoms with van der Waals surface area (Å²) in [6.45, 7) is 0. The van der Waals surface area contributed by atoms with Crippen molar-refractivity contribution in [1.29, 1.82) is 0 Å². The lowest BCUT2D eigenvalue weighted by molar-refractivity contribution is 1.29. The monoisotopic (exact) mass is 530 g/mol. The van der Waals surface area contributed by atoms with Crippen LogP contribution in [0, 0.1) is 0 Å². The third-order valence-corrected chi connectivity index (χ3v) is 8.57. The number of hydrogen-bond acceptors (Lipinski definition) is 4. The summed E-state index contributed by atoms with van der Waals surface area (Å²) in [5, 5.41) is 3.47. The molecule has 0 spiro atoms. The van der Waals surface area contributed by atoms with E-state index >= 15 is 0 Å². The van der Waals surface area contributed by atoms with Gasteiger partial charge < -0.3 is 4.98 Å². The fourth-order valence-electron chi connectivity index (χ4n) is 5.59. The van der Waals surface area contributed by atoms with Crippen LogP contribution in [0.15, 0.2) is 128 Å². The predicted octanol–water partition coefficient (Wildman–Crippen LogP) is 9.39. The van der Waals surface area contributed by atoms with Gasteiger partial charge in [0.05, 0.1) is 15.7 Å². The molecule has 1 N–H and O–H groups in total. The summed E-state index contributed by atoms with van der Waals surface area (Å²) in [4.78, 5) is 17.5. The van der Waals surface area contributed by atoms with Crippen molar-refractivity contribution in [1.82, 2.24) is 19.9 Å². The van der Waals surface area contributed by atoms with Crippen LogP contribution in [-0.4, -0.2) is 19.9 Å². The van der Waals surface area contributed by atoms with Crippen LogP contribution < -0.4 is 0 Å². The summed E-state index contributed by atoms with van der Waals surface area (Å²) in [5.74, 6) is 0. The highest BCUT2D eigenvalue weighted by molar-refractivity contribution is 7.21. The highest BCUT2D eigenvalue weighted by Crippen LogP contribution is 2.40. The Morgan fingerprint density at radius 1 is 0.525 bits per heavy atom.